The third-order valence-corrected chi connectivity index (χ3v) is 5.67. The van der Waals surface area contributed by atoms with E-state index in [0.717, 1.165) is 38.0 Å². The molecule has 32 heavy (non-hydrogen) atoms. The largest absolute Gasteiger partial charge is 0.373 e. The molecule has 2 aromatic carbocycles. The maximum atomic E-state index is 12.6. The van der Waals surface area contributed by atoms with E-state index < -0.39 is 0 Å². The minimum atomic E-state index is -0.230. The second kappa shape index (κ2) is 10.1. The Balaban J connectivity index is 1.26. The number of anilines is 1. The molecule has 2 fully saturated rings. The van der Waals surface area contributed by atoms with Gasteiger partial charge < -0.3 is 20.7 Å². The van der Waals surface area contributed by atoms with Gasteiger partial charge in [0, 0.05) is 43.5 Å². The Labute approximate surface area is 189 Å². The molecule has 3 N–H and O–H groups in total. The average Bonchev–Trinajstić information content (AvgIpc) is 3.56. The highest BCUT2D eigenvalue weighted by Crippen LogP contribution is 2.19. The molecule has 0 bridgehead atoms. The Morgan fingerprint density at radius 1 is 1.00 bits per heavy atom. The Morgan fingerprint density at radius 2 is 1.69 bits per heavy atom. The molecule has 3 amide bonds. The van der Waals surface area contributed by atoms with Crippen LogP contribution in [0.1, 0.15) is 48.2 Å². The number of nitrogens with one attached hydrogen (secondary N) is 3. The van der Waals surface area contributed by atoms with Gasteiger partial charge in [0.25, 0.3) is 5.91 Å². The number of benzene rings is 2. The lowest BCUT2D eigenvalue weighted by atomic mass is 10.1. The Kier molecular flexibility index (Phi) is 7.07. The first-order chi connectivity index (χ1) is 15.4. The number of amides is 3. The molecule has 2 aliphatic rings. The van der Waals surface area contributed by atoms with Gasteiger partial charge in [-0.2, -0.15) is 0 Å². The molecule has 0 aromatic heterocycles. The van der Waals surface area contributed by atoms with Crippen LogP contribution in [0.5, 0.6) is 0 Å². The molecule has 1 saturated heterocycles. The number of morpholine rings is 1. The van der Waals surface area contributed by atoms with E-state index in [2.05, 4.69) is 59.0 Å². The van der Waals surface area contributed by atoms with Crippen LogP contribution in [-0.2, 0) is 17.8 Å². The minimum Gasteiger partial charge on any atom is -0.373 e. The van der Waals surface area contributed by atoms with E-state index in [1.165, 1.54) is 5.56 Å². The monoisotopic (exact) mass is 436 g/mol. The summed E-state index contributed by atoms with van der Waals surface area (Å²) in [6.45, 7) is 7.46. The lowest BCUT2D eigenvalue weighted by Gasteiger charge is -2.35. The average molecular weight is 437 g/mol. The highest BCUT2D eigenvalue weighted by Gasteiger charge is 2.23. The smallest absolute Gasteiger partial charge is 0.319 e. The second-order valence-electron chi connectivity index (χ2n) is 8.90. The van der Waals surface area contributed by atoms with Crippen LogP contribution in [-0.4, -0.2) is 48.2 Å². The molecule has 7 heteroatoms. The van der Waals surface area contributed by atoms with E-state index >= 15 is 0 Å². The van der Waals surface area contributed by atoms with Crippen molar-refractivity contribution in [1.82, 2.24) is 15.5 Å². The lowest BCUT2D eigenvalue weighted by Crippen LogP contribution is -2.44. The van der Waals surface area contributed by atoms with Crippen molar-refractivity contribution in [2.24, 2.45) is 0 Å². The van der Waals surface area contributed by atoms with Gasteiger partial charge in [-0.1, -0.05) is 30.3 Å². The number of urea groups is 1. The van der Waals surface area contributed by atoms with Gasteiger partial charge in [0.1, 0.15) is 0 Å². The summed E-state index contributed by atoms with van der Waals surface area (Å²) in [5.41, 5.74) is 3.42. The fraction of sp³-hybridized carbons (Fsp3) is 0.440. The number of carbonyl (C=O) groups excluding carboxylic acids is 2. The van der Waals surface area contributed by atoms with E-state index in [-0.39, 0.29) is 30.2 Å². The highest BCUT2D eigenvalue weighted by molar-refractivity contribution is 5.96. The van der Waals surface area contributed by atoms with E-state index in [1.54, 1.807) is 24.3 Å². The number of nitrogens with zero attached hydrogens (tertiary/aromatic N) is 1. The summed E-state index contributed by atoms with van der Waals surface area (Å²) < 4.78 is 5.80. The van der Waals surface area contributed by atoms with Gasteiger partial charge in [-0.15, -0.1) is 0 Å². The van der Waals surface area contributed by atoms with E-state index in [1.807, 2.05) is 0 Å². The molecule has 7 nitrogen and oxygen atoms in total. The predicted molar refractivity (Wildman–Crippen MR) is 125 cm³/mol. The third-order valence-electron chi connectivity index (χ3n) is 5.67. The number of rotatable bonds is 7. The Hall–Kier alpha value is -2.90. The molecule has 2 unspecified atom stereocenters. The van der Waals surface area contributed by atoms with Gasteiger partial charge >= 0.3 is 6.03 Å². The van der Waals surface area contributed by atoms with Crippen LogP contribution in [0.4, 0.5) is 10.5 Å². The first-order valence-electron chi connectivity index (χ1n) is 11.4. The molecule has 4 rings (SSSR count). The minimum absolute atomic E-state index is 0.170. The molecule has 2 atom stereocenters. The van der Waals surface area contributed by atoms with Crippen molar-refractivity contribution in [2.45, 2.75) is 58.0 Å². The first-order valence-corrected chi connectivity index (χ1v) is 11.4. The van der Waals surface area contributed by atoms with Gasteiger partial charge in [-0.3, -0.25) is 9.69 Å². The highest BCUT2D eigenvalue weighted by atomic mass is 16.5. The number of hydrogen-bond acceptors (Lipinski definition) is 4. The van der Waals surface area contributed by atoms with Gasteiger partial charge in [0.15, 0.2) is 0 Å². The summed E-state index contributed by atoms with van der Waals surface area (Å²) in [4.78, 5) is 26.9. The predicted octanol–water partition coefficient (Wildman–Crippen LogP) is 3.51. The molecule has 1 saturated carbocycles. The van der Waals surface area contributed by atoms with Crippen molar-refractivity contribution in [3.63, 3.8) is 0 Å². The van der Waals surface area contributed by atoms with Crippen molar-refractivity contribution >= 4 is 17.6 Å². The molecule has 1 heterocycles. The molecule has 170 valence electrons. The number of hydrogen-bond donors (Lipinski definition) is 3. The van der Waals surface area contributed by atoms with Crippen LogP contribution in [0.25, 0.3) is 0 Å². The summed E-state index contributed by atoms with van der Waals surface area (Å²) in [5, 5.41) is 8.61. The zero-order chi connectivity index (χ0) is 22.5. The van der Waals surface area contributed by atoms with Crippen LogP contribution in [0.2, 0.25) is 0 Å². The van der Waals surface area contributed by atoms with Crippen LogP contribution >= 0.6 is 0 Å². The fourth-order valence-electron chi connectivity index (χ4n) is 4.04. The van der Waals surface area contributed by atoms with Crippen LogP contribution in [0, 0.1) is 0 Å². The molecule has 2 aromatic rings. The Bertz CT molecular complexity index is 932. The summed E-state index contributed by atoms with van der Waals surface area (Å²) >= 11 is 0. The second-order valence-corrected chi connectivity index (χ2v) is 8.90. The van der Waals surface area contributed by atoms with E-state index in [4.69, 9.17) is 4.74 Å². The van der Waals surface area contributed by atoms with Crippen LogP contribution in [0.3, 0.4) is 0 Å². The number of carbonyl (C=O) groups is 2. The molecule has 1 aliphatic heterocycles. The zero-order valence-electron chi connectivity index (χ0n) is 18.8. The fourth-order valence-corrected chi connectivity index (χ4v) is 4.04. The molecule has 0 spiro atoms. The SMILES string of the molecule is CC1CN(Cc2ccc(CNC(=O)c3cccc(NC(=O)NC4CC4)c3)cc2)CC(C)O1. The summed E-state index contributed by atoms with van der Waals surface area (Å²) in [6.07, 6.45) is 2.58. The van der Waals surface area contributed by atoms with Crippen LogP contribution in [0.15, 0.2) is 48.5 Å². The van der Waals surface area contributed by atoms with Crippen LogP contribution < -0.4 is 16.0 Å². The lowest BCUT2D eigenvalue weighted by molar-refractivity contribution is -0.0704. The molecular weight excluding hydrogens is 404 g/mol. The van der Waals surface area contributed by atoms with Gasteiger partial charge in [0.2, 0.25) is 0 Å². The van der Waals surface area contributed by atoms with Crippen molar-refractivity contribution in [1.29, 1.82) is 0 Å². The summed E-state index contributed by atoms with van der Waals surface area (Å²) in [6, 6.07) is 15.4. The van der Waals surface area contributed by atoms with Crippen molar-refractivity contribution in [3.05, 3.63) is 65.2 Å². The topological polar surface area (TPSA) is 82.7 Å². The third kappa shape index (κ3) is 6.55. The van der Waals surface area contributed by atoms with E-state index in [0.29, 0.717) is 17.8 Å². The van der Waals surface area contributed by atoms with Crippen molar-refractivity contribution in [2.75, 3.05) is 18.4 Å². The maximum absolute atomic E-state index is 12.6. The number of ether oxygens (including phenoxy) is 1. The zero-order valence-corrected chi connectivity index (χ0v) is 18.8. The quantitative estimate of drug-likeness (QED) is 0.620. The standard InChI is InChI=1S/C25H32N4O3/c1-17-14-29(15-18(2)32-17)16-20-8-6-19(7-9-20)13-26-24(30)21-4-3-5-23(12-21)28-25(31)27-22-10-11-22/h3-9,12,17-18,22H,10-11,13-16H2,1-2H3,(H,26,30)(H2,27,28,31). The normalized spacial score (nSPS) is 21.1. The van der Waals surface area contributed by atoms with Gasteiger partial charge in [0.05, 0.1) is 12.2 Å². The molecule has 1 aliphatic carbocycles. The van der Waals surface area contributed by atoms with E-state index in [9.17, 15) is 9.59 Å². The van der Waals surface area contributed by atoms with Gasteiger partial charge in [-0.05, 0) is 56.0 Å². The molecular formula is C25H32N4O3. The molecule has 0 radical (unpaired) electrons. The first kappa shape index (κ1) is 22.3. The van der Waals surface area contributed by atoms with Crippen molar-refractivity contribution < 1.29 is 14.3 Å². The summed E-state index contributed by atoms with van der Waals surface area (Å²) in [7, 11) is 0. The summed E-state index contributed by atoms with van der Waals surface area (Å²) in [5.74, 6) is -0.170. The maximum Gasteiger partial charge on any atom is 0.319 e. The van der Waals surface area contributed by atoms with Gasteiger partial charge in [-0.25, -0.2) is 4.79 Å². The Morgan fingerprint density at radius 3 is 2.38 bits per heavy atom. The van der Waals surface area contributed by atoms with Crippen molar-refractivity contribution in [3.8, 4) is 0 Å².